The standard InChI is InChI=1S/C25H35N5O5S/c1-4-12-30-16-17(3)22-24(30)27-23(28-25(22)32)18-9-10-19(35-5-2)20(15-18)36(33,34)26-11-7-14-29-13-6-8-21(29)31/h9-10,15-16,21,26,31H,4-8,11-14H2,1-3H3,(H,27,28,32). The Morgan fingerprint density at radius 1 is 1.28 bits per heavy atom. The summed E-state index contributed by atoms with van der Waals surface area (Å²) in [7, 11) is -3.90. The molecule has 0 amide bonds. The molecule has 0 bridgehead atoms. The van der Waals surface area contributed by atoms with Crippen LogP contribution in [0.1, 0.15) is 45.1 Å². The molecule has 1 aromatic carbocycles. The monoisotopic (exact) mass is 517 g/mol. The van der Waals surface area contributed by atoms with E-state index in [1.807, 2.05) is 22.6 Å². The fourth-order valence-corrected chi connectivity index (χ4v) is 5.95. The highest BCUT2D eigenvalue weighted by molar-refractivity contribution is 7.89. The normalized spacial score (nSPS) is 16.7. The highest BCUT2D eigenvalue weighted by Gasteiger charge is 2.24. The van der Waals surface area contributed by atoms with E-state index in [4.69, 9.17) is 9.72 Å². The maximum Gasteiger partial charge on any atom is 0.260 e. The molecule has 3 N–H and O–H groups in total. The van der Waals surface area contributed by atoms with Crippen molar-refractivity contribution in [1.82, 2.24) is 24.2 Å². The molecule has 3 heterocycles. The van der Waals surface area contributed by atoms with Gasteiger partial charge in [-0.05, 0) is 63.3 Å². The number of likely N-dealkylation sites (tertiary alicyclic amines) is 1. The van der Waals surface area contributed by atoms with Gasteiger partial charge < -0.3 is 19.4 Å². The molecule has 10 nitrogen and oxygen atoms in total. The quantitative estimate of drug-likeness (QED) is 0.333. The fourth-order valence-electron chi connectivity index (χ4n) is 4.71. The average Bonchev–Trinajstić information content (AvgIpc) is 3.39. The number of sulfonamides is 1. The van der Waals surface area contributed by atoms with E-state index in [-0.39, 0.29) is 22.7 Å². The molecule has 1 aliphatic heterocycles. The summed E-state index contributed by atoms with van der Waals surface area (Å²) in [6.07, 6.45) is 4.62. The molecule has 196 valence electrons. The van der Waals surface area contributed by atoms with E-state index in [2.05, 4.69) is 16.6 Å². The Bertz CT molecular complexity index is 1380. The van der Waals surface area contributed by atoms with Crippen molar-refractivity contribution in [3.8, 4) is 17.1 Å². The number of aliphatic hydroxyl groups excluding tert-OH is 1. The number of nitrogens with zero attached hydrogens (tertiary/aromatic N) is 3. The summed E-state index contributed by atoms with van der Waals surface area (Å²) in [5.74, 6) is 0.530. The van der Waals surface area contributed by atoms with Crippen LogP contribution in [-0.4, -0.2) is 65.4 Å². The third-order valence-corrected chi connectivity index (χ3v) is 7.91. The van der Waals surface area contributed by atoms with Crippen molar-refractivity contribution in [3.63, 3.8) is 0 Å². The Labute approximate surface area is 211 Å². The number of aromatic nitrogens is 3. The molecule has 0 spiro atoms. The first-order chi connectivity index (χ1) is 17.2. The minimum absolute atomic E-state index is 0.00840. The zero-order chi connectivity index (χ0) is 25.9. The number of fused-ring (bicyclic) bond motifs is 1. The van der Waals surface area contributed by atoms with Crippen LogP contribution in [0.25, 0.3) is 22.4 Å². The third-order valence-electron chi connectivity index (χ3n) is 6.43. The molecule has 1 unspecified atom stereocenters. The Morgan fingerprint density at radius 3 is 2.78 bits per heavy atom. The van der Waals surface area contributed by atoms with Gasteiger partial charge in [-0.15, -0.1) is 0 Å². The second-order valence-electron chi connectivity index (χ2n) is 9.12. The summed E-state index contributed by atoms with van der Waals surface area (Å²) in [6.45, 7) is 8.41. The molecule has 3 aromatic rings. The lowest BCUT2D eigenvalue weighted by Gasteiger charge is -2.19. The van der Waals surface area contributed by atoms with Gasteiger partial charge in [0.1, 0.15) is 28.3 Å². The van der Waals surface area contributed by atoms with Crippen molar-refractivity contribution in [2.24, 2.45) is 0 Å². The number of ether oxygens (including phenoxy) is 1. The minimum atomic E-state index is -3.90. The van der Waals surface area contributed by atoms with E-state index in [1.165, 1.54) is 6.07 Å². The topological polar surface area (TPSA) is 130 Å². The van der Waals surface area contributed by atoms with Gasteiger partial charge in [0.05, 0.1) is 12.0 Å². The first-order valence-corrected chi connectivity index (χ1v) is 14.0. The lowest BCUT2D eigenvalue weighted by molar-refractivity contribution is 0.0379. The first kappa shape index (κ1) is 26.3. The predicted octanol–water partition coefficient (Wildman–Crippen LogP) is 2.59. The van der Waals surface area contributed by atoms with Gasteiger partial charge in [-0.1, -0.05) is 6.92 Å². The number of nitrogens with one attached hydrogen (secondary N) is 2. The molecule has 36 heavy (non-hydrogen) atoms. The number of aromatic amines is 1. The van der Waals surface area contributed by atoms with Gasteiger partial charge in [0.25, 0.3) is 5.56 Å². The van der Waals surface area contributed by atoms with Gasteiger partial charge in [-0.25, -0.2) is 18.1 Å². The lowest BCUT2D eigenvalue weighted by atomic mass is 10.2. The fraction of sp³-hybridized carbons (Fsp3) is 0.520. The maximum absolute atomic E-state index is 13.2. The van der Waals surface area contributed by atoms with Gasteiger partial charge in [0.2, 0.25) is 10.0 Å². The van der Waals surface area contributed by atoms with E-state index in [9.17, 15) is 18.3 Å². The SMILES string of the molecule is CCCn1cc(C)c2c(=O)[nH]c(-c3ccc(OCC)c(S(=O)(=O)NCCCN4CCCC4O)c3)nc21. The summed E-state index contributed by atoms with van der Waals surface area (Å²) >= 11 is 0. The summed E-state index contributed by atoms with van der Waals surface area (Å²) in [5, 5.41) is 10.5. The van der Waals surface area contributed by atoms with E-state index in [0.29, 0.717) is 42.0 Å². The highest BCUT2D eigenvalue weighted by atomic mass is 32.2. The van der Waals surface area contributed by atoms with Gasteiger partial charge in [-0.3, -0.25) is 9.69 Å². The molecule has 1 atom stereocenters. The highest BCUT2D eigenvalue weighted by Crippen LogP contribution is 2.29. The second kappa shape index (κ2) is 11.1. The minimum Gasteiger partial charge on any atom is -0.492 e. The summed E-state index contributed by atoms with van der Waals surface area (Å²) in [4.78, 5) is 22.3. The van der Waals surface area contributed by atoms with E-state index < -0.39 is 16.3 Å². The Kier molecular flexibility index (Phi) is 8.13. The van der Waals surface area contributed by atoms with E-state index in [0.717, 1.165) is 37.9 Å². The van der Waals surface area contributed by atoms with Crippen LogP contribution < -0.4 is 15.0 Å². The number of rotatable bonds is 11. The van der Waals surface area contributed by atoms with E-state index in [1.54, 1.807) is 19.1 Å². The van der Waals surface area contributed by atoms with E-state index >= 15 is 0 Å². The maximum atomic E-state index is 13.2. The molecule has 0 aliphatic carbocycles. The average molecular weight is 518 g/mol. The zero-order valence-electron chi connectivity index (χ0n) is 21.1. The van der Waals surface area contributed by atoms with Crippen LogP contribution in [0, 0.1) is 6.92 Å². The molecule has 0 saturated carbocycles. The zero-order valence-corrected chi connectivity index (χ0v) is 21.9. The Hall–Kier alpha value is -2.73. The predicted molar refractivity (Wildman–Crippen MR) is 139 cm³/mol. The number of H-pyrrole nitrogens is 1. The molecule has 1 aliphatic rings. The largest absolute Gasteiger partial charge is 0.492 e. The van der Waals surface area contributed by atoms with Crippen LogP contribution >= 0.6 is 0 Å². The van der Waals surface area contributed by atoms with Gasteiger partial charge in [0.15, 0.2) is 0 Å². The summed E-state index contributed by atoms with van der Waals surface area (Å²) in [6, 6.07) is 4.78. The first-order valence-electron chi connectivity index (χ1n) is 12.5. The molecule has 11 heteroatoms. The molecule has 0 radical (unpaired) electrons. The molecular weight excluding hydrogens is 482 g/mol. The lowest BCUT2D eigenvalue weighted by Crippen LogP contribution is -2.33. The van der Waals surface area contributed by atoms with Gasteiger partial charge in [-0.2, -0.15) is 0 Å². The number of aryl methyl sites for hydroxylation is 2. The van der Waals surface area contributed by atoms with Crippen molar-refractivity contribution >= 4 is 21.1 Å². The molecule has 1 saturated heterocycles. The number of hydrogen-bond acceptors (Lipinski definition) is 7. The molecule has 4 rings (SSSR count). The Morgan fingerprint density at radius 2 is 2.08 bits per heavy atom. The van der Waals surface area contributed by atoms with Gasteiger partial charge >= 0.3 is 0 Å². The molecular formula is C25H35N5O5S. The van der Waals surface area contributed by atoms with Gasteiger partial charge in [0, 0.05) is 37.9 Å². The van der Waals surface area contributed by atoms with Crippen molar-refractivity contribution in [2.45, 2.75) is 64.1 Å². The van der Waals surface area contributed by atoms with Crippen LogP contribution in [0.3, 0.4) is 0 Å². The van der Waals surface area contributed by atoms with Crippen molar-refractivity contribution < 1.29 is 18.3 Å². The summed E-state index contributed by atoms with van der Waals surface area (Å²) in [5.41, 5.74) is 1.63. The van der Waals surface area contributed by atoms with Crippen LogP contribution in [0.2, 0.25) is 0 Å². The number of benzene rings is 1. The van der Waals surface area contributed by atoms with Crippen molar-refractivity contribution in [2.75, 3.05) is 26.2 Å². The molecule has 2 aromatic heterocycles. The summed E-state index contributed by atoms with van der Waals surface area (Å²) < 4.78 is 36.7. The third kappa shape index (κ3) is 5.49. The Balaban J connectivity index is 1.63. The van der Waals surface area contributed by atoms with Crippen LogP contribution in [0.15, 0.2) is 34.1 Å². The molecule has 1 fully saturated rings. The van der Waals surface area contributed by atoms with Crippen molar-refractivity contribution in [1.29, 1.82) is 0 Å². The smallest absolute Gasteiger partial charge is 0.260 e. The van der Waals surface area contributed by atoms with Crippen LogP contribution in [0.5, 0.6) is 5.75 Å². The second-order valence-corrected chi connectivity index (χ2v) is 10.9. The van der Waals surface area contributed by atoms with Crippen LogP contribution in [0.4, 0.5) is 0 Å². The van der Waals surface area contributed by atoms with Crippen molar-refractivity contribution in [3.05, 3.63) is 40.3 Å². The van der Waals surface area contributed by atoms with Crippen LogP contribution in [-0.2, 0) is 16.6 Å². The number of hydrogen-bond donors (Lipinski definition) is 3. The number of aliphatic hydroxyl groups is 1.